The Labute approximate surface area is 250 Å². The molecule has 14 heteroatoms. The Morgan fingerprint density at radius 3 is 2.84 bits per heavy atom. The number of nitrogens with zero attached hydrogens (tertiary/aromatic N) is 5. The molecule has 13 nitrogen and oxygen atoms in total. The van der Waals surface area contributed by atoms with Gasteiger partial charge in [0, 0.05) is 38.5 Å². The zero-order valence-electron chi connectivity index (χ0n) is 24.1. The zero-order chi connectivity index (χ0) is 30.5. The lowest BCUT2D eigenvalue weighted by atomic mass is 10.0. The number of carbonyl (C=O) groups excluding carboxylic acids is 2. The van der Waals surface area contributed by atoms with Crippen molar-refractivity contribution in [2.45, 2.75) is 38.0 Å². The van der Waals surface area contributed by atoms with Crippen molar-refractivity contribution in [2.24, 2.45) is 13.0 Å². The SMILES string of the molecule is Cn1c(-c2cc3cccc(OCC4CNC(=O)O4)c3n2CC2CC2)nc2cc3c(nc21)CCN(CC(CF)NC(=O)O)C3=O. The molecule has 5 heterocycles. The number of benzene rings is 1. The van der Waals surface area contributed by atoms with Crippen LogP contribution >= 0.6 is 0 Å². The Bertz CT molecular complexity index is 1800. The number of aryl methyl sites for hydroxylation is 1. The van der Waals surface area contributed by atoms with Crippen LogP contribution < -0.4 is 15.4 Å². The van der Waals surface area contributed by atoms with Gasteiger partial charge in [-0.1, -0.05) is 12.1 Å². The van der Waals surface area contributed by atoms with Gasteiger partial charge >= 0.3 is 12.2 Å². The summed E-state index contributed by atoms with van der Waals surface area (Å²) in [4.78, 5) is 47.1. The predicted octanol–water partition coefficient (Wildman–Crippen LogP) is 3.09. The van der Waals surface area contributed by atoms with Crippen molar-refractivity contribution >= 4 is 40.2 Å². The number of imidazole rings is 1. The summed E-state index contributed by atoms with van der Waals surface area (Å²) in [5, 5.41) is 14.8. The summed E-state index contributed by atoms with van der Waals surface area (Å²) in [6.45, 7) is 0.735. The molecular weight excluding hydrogens is 573 g/mol. The van der Waals surface area contributed by atoms with Gasteiger partial charge in [0.15, 0.2) is 17.6 Å². The summed E-state index contributed by atoms with van der Waals surface area (Å²) in [5.41, 5.74) is 4.05. The van der Waals surface area contributed by atoms with Crippen LogP contribution in [-0.4, -0.2) is 92.3 Å². The number of amides is 3. The number of carbonyl (C=O) groups is 3. The third-order valence-electron chi connectivity index (χ3n) is 8.44. The first-order chi connectivity index (χ1) is 21.3. The van der Waals surface area contributed by atoms with Gasteiger partial charge in [-0.2, -0.15) is 0 Å². The first kappa shape index (κ1) is 27.9. The second-order valence-corrected chi connectivity index (χ2v) is 11.6. The predicted molar refractivity (Wildman–Crippen MR) is 156 cm³/mol. The summed E-state index contributed by atoms with van der Waals surface area (Å²) in [7, 11) is 1.91. The largest absolute Gasteiger partial charge is 0.487 e. The van der Waals surface area contributed by atoms with Crippen LogP contribution in [0.15, 0.2) is 30.3 Å². The van der Waals surface area contributed by atoms with Gasteiger partial charge in [-0.15, -0.1) is 0 Å². The highest BCUT2D eigenvalue weighted by molar-refractivity contribution is 5.99. The maximum atomic E-state index is 13.4. The molecule has 1 saturated heterocycles. The van der Waals surface area contributed by atoms with Crippen molar-refractivity contribution < 1.29 is 33.4 Å². The molecule has 7 rings (SSSR count). The van der Waals surface area contributed by atoms with Gasteiger partial charge in [0.1, 0.15) is 24.5 Å². The van der Waals surface area contributed by atoms with Gasteiger partial charge in [0.25, 0.3) is 5.91 Å². The monoisotopic (exact) mass is 605 g/mol. The second kappa shape index (κ2) is 11.0. The average molecular weight is 606 g/mol. The molecule has 0 radical (unpaired) electrons. The van der Waals surface area contributed by atoms with Gasteiger partial charge in [0.05, 0.1) is 35.1 Å². The van der Waals surface area contributed by atoms with Crippen LogP contribution in [-0.2, 0) is 24.8 Å². The summed E-state index contributed by atoms with van der Waals surface area (Å²) >= 11 is 0. The molecule has 3 aromatic heterocycles. The third-order valence-corrected chi connectivity index (χ3v) is 8.44. The van der Waals surface area contributed by atoms with Crippen molar-refractivity contribution in [3.8, 4) is 17.3 Å². The first-order valence-corrected chi connectivity index (χ1v) is 14.7. The number of hydrogen-bond acceptors (Lipinski definition) is 7. The molecule has 1 saturated carbocycles. The first-order valence-electron chi connectivity index (χ1n) is 14.7. The van der Waals surface area contributed by atoms with E-state index >= 15 is 0 Å². The normalized spacial score (nSPS) is 18.8. The number of fused-ring (bicyclic) bond motifs is 3. The number of ether oxygens (including phenoxy) is 2. The van der Waals surface area contributed by atoms with E-state index in [-0.39, 0.29) is 25.2 Å². The number of nitrogens with one attached hydrogen (secondary N) is 2. The molecular formula is C30H32FN7O6. The van der Waals surface area contributed by atoms with E-state index in [2.05, 4.69) is 21.3 Å². The van der Waals surface area contributed by atoms with Crippen LogP contribution in [0.3, 0.4) is 0 Å². The molecule has 44 heavy (non-hydrogen) atoms. The lowest BCUT2D eigenvalue weighted by Gasteiger charge is -2.30. The maximum absolute atomic E-state index is 13.4. The molecule has 2 unspecified atom stereocenters. The van der Waals surface area contributed by atoms with E-state index in [9.17, 15) is 18.8 Å². The summed E-state index contributed by atoms with van der Waals surface area (Å²) in [5.74, 6) is 1.61. The minimum atomic E-state index is -1.34. The summed E-state index contributed by atoms with van der Waals surface area (Å²) < 4.78 is 29.1. The van der Waals surface area contributed by atoms with E-state index in [1.54, 1.807) is 6.07 Å². The van der Waals surface area contributed by atoms with Gasteiger partial charge in [-0.3, -0.25) is 4.79 Å². The van der Waals surface area contributed by atoms with Crippen molar-refractivity contribution in [1.29, 1.82) is 0 Å². The number of cyclic esters (lactones) is 1. The van der Waals surface area contributed by atoms with Crippen molar-refractivity contribution in [3.63, 3.8) is 0 Å². The summed E-state index contributed by atoms with van der Waals surface area (Å²) in [6, 6.07) is 8.68. The Morgan fingerprint density at radius 1 is 1.27 bits per heavy atom. The van der Waals surface area contributed by atoms with Crippen LogP contribution in [0.5, 0.6) is 5.75 Å². The number of halogens is 1. The average Bonchev–Trinajstić information content (AvgIpc) is 3.48. The quantitative estimate of drug-likeness (QED) is 0.249. The number of rotatable bonds is 10. The number of carboxylic acid groups (broad SMARTS) is 1. The lowest BCUT2D eigenvalue weighted by Crippen LogP contribution is -2.48. The number of hydrogen-bond donors (Lipinski definition) is 3. The summed E-state index contributed by atoms with van der Waals surface area (Å²) in [6.07, 6.45) is 0.603. The molecule has 3 N–H and O–H groups in total. The fraction of sp³-hybridized carbons (Fsp3) is 0.433. The Balaban J connectivity index is 1.24. The molecule has 3 aliphatic rings. The van der Waals surface area contributed by atoms with E-state index in [1.807, 2.05) is 29.8 Å². The number of alkyl halides is 1. The molecule has 2 aliphatic heterocycles. The molecule has 1 aromatic carbocycles. The third kappa shape index (κ3) is 5.13. The van der Waals surface area contributed by atoms with E-state index in [0.717, 1.165) is 36.0 Å². The molecule has 3 amide bonds. The van der Waals surface area contributed by atoms with Gasteiger partial charge in [0.2, 0.25) is 0 Å². The standard InChI is InChI=1S/C30H32FN7O6/c1-36-26-22(10-20-21(34-26)7-8-37(28(20)39)14-18(11-31)33-29(40)41)35-27(36)23-9-17-3-2-4-24(25(17)38(23)13-16-5-6-16)43-15-19-12-32-30(42)44-19/h2-4,9-10,16,18-19,33H,5-8,11-15H2,1H3,(H,32,42)(H,40,41). The number of pyridine rings is 1. The van der Waals surface area contributed by atoms with Crippen LogP contribution in [0.2, 0.25) is 0 Å². The number of para-hydroxylation sites is 1. The number of alkyl carbamates (subject to hydrolysis) is 1. The maximum Gasteiger partial charge on any atom is 0.407 e. The van der Waals surface area contributed by atoms with Crippen LogP contribution in [0.25, 0.3) is 33.6 Å². The fourth-order valence-electron chi connectivity index (χ4n) is 6.06. The van der Waals surface area contributed by atoms with Crippen LogP contribution in [0.1, 0.15) is 28.9 Å². The molecule has 4 aromatic rings. The van der Waals surface area contributed by atoms with Crippen LogP contribution in [0, 0.1) is 5.92 Å². The second-order valence-electron chi connectivity index (χ2n) is 11.6. The molecule has 2 atom stereocenters. The fourth-order valence-corrected chi connectivity index (χ4v) is 6.06. The van der Waals surface area contributed by atoms with Gasteiger partial charge < -0.3 is 39.2 Å². The Kier molecular flexibility index (Phi) is 6.98. The molecule has 1 aliphatic carbocycles. The van der Waals surface area contributed by atoms with E-state index in [1.165, 1.54) is 4.90 Å². The zero-order valence-corrected chi connectivity index (χ0v) is 24.1. The van der Waals surface area contributed by atoms with Crippen molar-refractivity contribution in [3.05, 3.63) is 41.6 Å². The van der Waals surface area contributed by atoms with E-state index in [4.69, 9.17) is 24.5 Å². The van der Waals surface area contributed by atoms with Crippen LogP contribution in [0.4, 0.5) is 14.0 Å². The minimum Gasteiger partial charge on any atom is -0.487 e. The topological polar surface area (TPSA) is 153 Å². The molecule has 0 bridgehead atoms. The van der Waals surface area contributed by atoms with E-state index < -0.39 is 24.9 Å². The molecule has 2 fully saturated rings. The molecule has 0 spiro atoms. The van der Waals surface area contributed by atoms with Gasteiger partial charge in [-0.25, -0.2) is 23.9 Å². The number of aromatic nitrogens is 4. The smallest absolute Gasteiger partial charge is 0.407 e. The lowest BCUT2D eigenvalue weighted by molar-refractivity contribution is 0.0712. The van der Waals surface area contributed by atoms with Crippen molar-refractivity contribution in [1.82, 2.24) is 34.6 Å². The Morgan fingerprint density at radius 2 is 2.11 bits per heavy atom. The van der Waals surface area contributed by atoms with Crippen molar-refractivity contribution in [2.75, 3.05) is 32.9 Å². The van der Waals surface area contributed by atoms with E-state index in [0.29, 0.717) is 59.4 Å². The highest BCUT2D eigenvalue weighted by Crippen LogP contribution is 2.39. The minimum absolute atomic E-state index is 0.0715. The highest BCUT2D eigenvalue weighted by atomic mass is 19.1. The Hall–Kier alpha value is -4.88. The van der Waals surface area contributed by atoms with Gasteiger partial charge in [-0.05, 0) is 37.0 Å². The highest BCUT2D eigenvalue weighted by Gasteiger charge is 2.31. The molecule has 230 valence electrons.